The lowest BCUT2D eigenvalue weighted by Gasteiger charge is -2.02. The van der Waals surface area contributed by atoms with Gasteiger partial charge in [-0.15, -0.1) is 4.91 Å². The summed E-state index contributed by atoms with van der Waals surface area (Å²) in [5.41, 5.74) is -0.249. The third-order valence-electron chi connectivity index (χ3n) is 2.39. The van der Waals surface area contributed by atoms with Crippen LogP contribution in [0.5, 0.6) is 0 Å². The zero-order valence-corrected chi connectivity index (χ0v) is 10.4. The number of ether oxygens (including phenoxy) is 1. The Morgan fingerprint density at radius 3 is 2.58 bits per heavy atom. The maximum absolute atomic E-state index is 12.3. The second kappa shape index (κ2) is 6.29. The van der Waals surface area contributed by atoms with Gasteiger partial charge in [-0.3, -0.25) is 0 Å². The highest BCUT2D eigenvalue weighted by atomic mass is 19.4. The molecule has 0 N–H and O–H groups in total. The van der Waals surface area contributed by atoms with Crippen molar-refractivity contribution in [3.63, 3.8) is 0 Å². The van der Waals surface area contributed by atoms with E-state index in [1.165, 1.54) is 6.07 Å². The molecule has 0 radical (unpaired) electrons. The van der Waals surface area contributed by atoms with Gasteiger partial charge in [0.2, 0.25) is 0 Å². The van der Waals surface area contributed by atoms with Crippen molar-refractivity contribution in [1.29, 1.82) is 0 Å². The minimum Gasteiger partial charge on any atom is -0.375 e. The summed E-state index contributed by atoms with van der Waals surface area (Å²) < 4.78 is 42.0. The monoisotopic (exact) mass is 273 g/mol. The molecule has 1 heterocycles. The largest absolute Gasteiger partial charge is 0.496 e. The summed E-state index contributed by atoms with van der Waals surface area (Å²) in [6.45, 7) is 3.71. The highest BCUT2D eigenvalue weighted by Gasteiger charge is 2.41. The Hall–Kier alpha value is -1.94. The molecule has 102 valence electrons. The van der Waals surface area contributed by atoms with Crippen LogP contribution in [0.2, 0.25) is 0 Å². The minimum absolute atomic E-state index is 0.000690. The number of halogens is 3. The Morgan fingerprint density at radius 1 is 1.47 bits per heavy atom. The van der Waals surface area contributed by atoms with Gasteiger partial charge in [-0.2, -0.15) is 13.2 Å². The first-order valence-corrected chi connectivity index (χ1v) is 5.47. The zero-order valence-electron chi connectivity index (χ0n) is 10.4. The number of nitrogens with zero attached hydrogens (tertiary/aromatic N) is 2. The van der Waals surface area contributed by atoms with Gasteiger partial charge in [0.05, 0.1) is 6.61 Å². The summed E-state index contributed by atoms with van der Waals surface area (Å²) in [5.74, 6) is 0. The predicted molar refractivity (Wildman–Crippen MR) is 60.8 cm³/mol. The van der Waals surface area contributed by atoms with Gasteiger partial charge >= 0.3 is 18.1 Å². The van der Waals surface area contributed by atoms with Crippen LogP contribution in [0.4, 0.5) is 13.2 Å². The lowest BCUT2D eigenvalue weighted by atomic mass is 10.1. The standard InChI is InChI=1S/C12H12F3N2O2/c1-3-19-7-10(17-18)8(2)9-4-5-11(16-6-9)12(13,14)15/h4-5H,3,7H2,1-2H3/q+1/b10-8-. The van der Waals surface area contributed by atoms with E-state index in [4.69, 9.17) is 4.74 Å². The maximum Gasteiger partial charge on any atom is 0.496 e. The van der Waals surface area contributed by atoms with Crippen molar-refractivity contribution in [3.8, 4) is 0 Å². The fraction of sp³-hybridized carbons (Fsp3) is 0.417. The van der Waals surface area contributed by atoms with Crippen molar-refractivity contribution in [2.75, 3.05) is 13.2 Å². The van der Waals surface area contributed by atoms with E-state index in [2.05, 4.69) is 16.4 Å². The fourth-order valence-corrected chi connectivity index (χ4v) is 1.28. The quantitative estimate of drug-likeness (QED) is 0.775. The van der Waals surface area contributed by atoms with Gasteiger partial charge in [-0.25, -0.2) is 0 Å². The molecule has 0 saturated carbocycles. The second-order valence-corrected chi connectivity index (χ2v) is 3.65. The number of aromatic nitrogens is 1. The van der Waals surface area contributed by atoms with Crippen LogP contribution in [0, 0.1) is 11.1 Å². The Bertz CT molecular complexity index is 467. The molecule has 7 heteroatoms. The highest BCUT2D eigenvalue weighted by Crippen LogP contribution is 2.25. The van der Waals surface area contributed by atoms with E-state index in [1.54, 1.807) is 13.8 Å². The molecule has 0 amide bonds. The Labute approximate surface area is 108 Å². The van der Waals surface area contributed by atoms with Crippen molar-refractivity contribution in [2.24, 2.45) is 5.18 Å². The van der Waals surface area contributed by atoms with E-state index < -0.39 is 11.9 Å². The number of rotatable bonds is 5. The SMILES string of the molecule is CCOC/C(N=O)=C(\C)c1c#[n+]c(C(F)(F)F)cc1. The molecule has 1 rings (SSSR count). The molecule has 0 atom stereocenters. The van der Waals surface area contributed by atoms with Crippen LogP contribution in [0.1, 0.15) is 25.1 Å². The van der Waals surface area contributed by atoms with Crippen LogP contribution >= 0.6 is 0 Å². The van der Waals surface area contributed by atoms with Crippen molar-refractivity contribution in [1.82, 2.24) is 0 Å². The van der Waals surface area contributed by atoms with Crippen LogP contribution in [0.25, 0.3) is 5.57 Å². The topological polar surface area (TPSA) is 52.8 Å². The molecule has 1 aromatic rings. The van der Waals surface area contributed by atoms with E-state index in [1.807, 2.05) is 0 Å². The molecule has 0 fully saturated rings. The van der Waals surface area contributed by atoms with E-state index in [-0.39, 0.29) is 17.9 Å². The number of nitroso groups, excluding NO2 is 1. The molecular formula is C12H12F3N2O2+. The molecule has 1 aromatic heterocycles. The minimum atomic E-state index is -4.51. The number of hydrogen-bond donors (Lipinski definition) is 0. The van der Waals surface area contributed by atoms with Gasteiger partial charge in [0.25, 0.3) is 0 Å². The fourth-order valence-electron chi connectivity index (χ4n) is 1.28. The van der Waals surface area contributed by atoms with E-state index in [0.717, 1.165) is 6.07 Å². The first-order chi connectivity index (χ1) is 8.90. The molecule has 4 nitrogen and oxygen atoms in total. The molecule has 0 bridgehead atoms. The summed E-state index contributed by atoms with van der Waals surface area (Å²) in [6.07, 6.45) is -2.26. The average molecular weight is 273 g/mol. The summed E-state index contributed by atoms with van der Waals surface area (Å²) in [7, 11) is 0. The molecule has 0 aromatic carbocycles. The molecule has 0 unspecified atom stereocenters. The van der Waals surface area contributed by atoms with Crippen LogP contribution in [-0.4, -0.2) is 13.2 Å². The third-order valence-corrected chi connectivity index (χ3v) is 2.39. The third kappa shape index (κ3) is 4.03. The van der Waals surface area contributed by atoms with Gasteiger partial charge in [0.1, 0.15) is 11.3 Å². The first kappa shape index (κ1) is 15.1. The number of hydrogen-bond acceptors (Lipinski definition) is 3. The van der Waals surface area contributed by atoms with Crippen molar-refractivity contribution in [2.45, 2.75) is 20.0 Å². The Balaban J connectivity index is 3.02. The van der Waals surface area contributed by atoms with Gasteiger partial charge in [0, 0.05) is 12.7 Å². The molecular weight excluding hydrogens is 261 g/mol. The summed E-state index contributed by atoms with van der Waals surface area (Å²) in [4.78, 5) is 13.8. The van der Waals surface area contributed by atoms with Crippen molar-refractivity contribution >= 4 is 5.57 Å². The van der Waals surface area contributed by atoms with Crippen LogP contribution in [0.3, 0.4) is 0 Å². The molecule has 0 aliphatic carbocycles. The van der Waals surface area contributed by atoms with Crippen LogP contribution < -0.4 is 4.98 Å². The molecule has 0 spiro atoms. The highest BCUT2D eigenvalue weighted by molar-refractivity contribution is 5.65. The van der Waals surface area contributed by atoms with Gasteiger partial charge in [0.15, 0.2) is 0 Å². The van der Waals surface area contributed by atoms with Crippen LogP contribution in [0.15, 0.2) is 23.0 Å². The summed E-state index contributed by atoms with van der Waals surface area (Å²) >= 11 is 0. The Kier molecular flexibility index (Phi) is 5.01. The number of allylic oxidation sites excluding steroid dienone is 1. The van der Waals surface area contributed by atoms with Gasteiger partial charge < -0.3 is 4.74 Å². The normalized spacial score (nSPS) is 12.7. The Morgan fingerprint density at radius 2 is 2.16 bits per heavy atom. The van der Waals surface area contributed by atoms with Gasteiger partial charge in [-0.05, 0) is 35.6 Å². The zero-order chi connectivity index (χ0) is 14.5. The van der Waals surface area contributed by atoms with E-state index in [0.29, 0.717) is 12.2 Å². The maximum atomic E-state index is 12.3. The molecule has 0 aliphatic heterocycles. The van der Waals surface area contributed by atoms with Crippen molar-refractivity contribution in [3.05, 3.63) is 40.2 Å². The second-order valence-electron chi connectivity index (χ2n) is 3.65. The van der Waals surface area contributed by atoms with E-state index >= 15 is 0 Å². The lowest BCUT2D eigenvalue weighted by molar-refractivity contribution is -0.359. The van der Waals surface area contributed by atoms with Gasteiger partial charge in [-0.1, -0.05) is 0 Å². The van der Waals surface area contributed by atoms with E-state index in [9.17, 15) is 18.1 Å². The van der Waals surface area contributed by atoms with Crippen molar-refractivity contribution < 1.29 is 22.9 Å². The summed E-state index contributed by atoms with van der Waals surface area (Å²) in [5, 5.41) is 2.81. The molecule has 19 heavy (non-hydrogen) atoms. The smallest absolute Gasteiger partial charge is 0.375 e. The lowest BCUT2D eigenvalue weighted by Crippen LogP contribution is -2.16. The average Bonchev–Trinajstić information content (AvgIpc) is 2.38. The molecule has 0 saturated heterocycles. The number of alkyl halides is 3. The first-order valence-electron chi connectivity index (χ1n) is 5.47. The molecule has 0 aliphatic rings. The summed E-state index contributed by atoms with van der Waals surface area (Å²) in [6, 6.07) is 2.03. The predicted octanol–water partition coefficient (Wildman–Crippen LogP) is 2.64. The van der Waals surface area contributed by atoms with Crippen LogP contribution in [-0.2, 0) is 10.9 Å².